The van der Waals surface area contributed by atoms with Crippen LogP contribution in [0.5, 0.6) is 0 Å². The maximum absolute atomic E-state index is 12.1. The van der Waals surface area contributed by atoms with E-state index in [0.717, 1.165) is 19.3 Å². The van der Waals surface area contributed by atoms with Gasteiger partial charge in [-0.15, -0.1) is 0 Å². The fourth-order valence-corrected chi connectivity index (χ4v) is 3.01. The van der Waals surface area contributed by atoms with Crippen molar-refractivity contribution < 1.29 is 19.1 Å². The van der Waals surface area contributed by atoms with Gasteiger partial charge in [0.05, 0.1) is 10.6 Å². The maximum Gasteiger partial charge on any atom is 0.328 e. The number of hydrogen-bond acceptors (Lipinski definition) is 4. The minimum absolute atomic E-state index is 0.272. The largest absolute Gasteiger partial charge is 0.454 e. The highest BCUT2D eigenvalue weighted by atomic mass is 35.5. The number of rotatable bonds is 8. The topological polar surface area (TPSA) is 84.5 Å². The van der Waals surface area contributed by atoms with Crippen LogP contribution in [0.4, 0.5) is 0 Å². The number of benzene rings is 1. The molecule has 0 spiro atoms. The van der Waals surface area contributed by atoms with Crippen LogP contribution in [0.3, 0.4) is 0 Å². The first-order valence-electron chi connectivity index (χ1n) is 9.14. The molecule has 0 aromatic heterocycles. The number of carbonyl (C=O) groups is 3. The highest BCUT2D eigenvalue weighted by Gasteiger charge is 2.20. The average molecular weight is 393 g/mol. The quantitative estimate of drug-likeness (QED) is 0.526. The Morgan fingerprint density at radius 2 is 2.00 bits per heavy atom. The summed E-state index contributed by atoms with van der Waals surface area (Å²) in [6, 6.07) is 5.64. The molecule has 0 heterocycles. The number of ether oxygens (including phenoxy) is 1. The third-order valence-corrected chi connectivity index (χ3v) is 4.65. The Labute approximate surface area is 164 Å². The fourth-order valence-electron chi connectivity index (χ4n) is 2.79. The first-order valence-corrected chi connectivity index (χ1v) is 9.52. The predicted molar refractivity (Wildman–Crippen MR) is 104 cm³/mol. The van der Waals surface area contributed by atoms with Gasteiger partial charge in [-0.05, 0) is 51.2 Å². The number of hydrogen-bond donors (Lipinski definition) is 2. The average Bonchev–Trinajstić information content (AvgIpc) is 2.67. The molecule has 146 valence electrons. The molecule has 2 rings (SSSR count). The molecule has 6 nitrogen and oxygen atoms in total. The zero-order valence-corrected chi connectivity index (χ0v) is 16.2. The summed E-state index contributed by atoms with van der Waals surface area (Å²) in [6.07, 6.45) is 7.70. The Hall–Kier alpha value is -2.34. The second-order valence-electron chi connectivity index (χ2n) is 6.49. The summed E-state index contributed by atoms with van der Waals surface area (Å²) in [5.41, 5.74) is 1.64. The van der Waals surface area contributed by atoms with Crippen LogP contribution in [0.25, 0.3) is 0 Å². The molecule has 0 saturated carbocycles. The van der Waals surface area contributed by atoms with Crippen molar-refractivity contribution in [2.24, 2.45) is 0 Å². The molecular weight excluding hydrogens is 368 g/mol. The molecule has 1 aliphatic carbocycles. The van der Waals surface area contributed by atoms with Crippen molar-refractivity contribution in [2.75, 3.05) is 13.2 Å². The Morgan fingerprint density at radius 1 is 1.22 bits per heavy atom. The summed E-state index contributed by atoms with van der Waals surface area (Å²) in [4.78, 5) is 35.9. The van der Waals surface area contributed by atoms with Gasteiger partial charge in [0, 0.05) is 6.54 Å². The molecule has 1 aromatic carbocycles. The second kappa shape index (κ2) is 10.7. The summed E-state index contributed by atoms with van der Waals surface area (Å²) in [6.45, 7) is 1.65. The van der Waals surface area contributed by atoms with E-state index >= 15 is 0 Å². The first-order chi connectivity index (χ1) is 13.0. The number of halogens is 1. The lowest BCUT2D eigenvalue weighted by Crippen LogP contribution is -2.41. The van der Waals surface area contributed by atoms with Crippen LogP contribution in [-0.4, -0.2) is 37.0 Å². The smallest absolute Gasteiger partial charge is 0.328 e. The van der Waals surface area contributed by atoms with Crippen LogP contribution in [0.2, 0.25) is 5.02 Å². The van der Waals surface area contributed by atoms with Gasteiger partial charge in [-0.3, -0.25) is 9.59 Å². The van der Waals surface area contributed by atoms with Crippen LogP contribution in [0.1, 0.15) is 49.4 Å². The van der Waals surface area contributed by atoms with Gasteiger partial charge in [-0.25, -0.2) is 4.79 Å². The zero-order valence-electron chi connectivity index (χ0n) is 15.4. The van der Waals surface area contributed by atoms with Gasteiger partial charge in [0.2, 0.25) is 0 Å². The van der Waals surface area contributed by atoms with Crippen LogP contribution in [0.15, 0.2) is 35.9 Å². The normalized spacial score (nSPS) is 14.7. The third kappa shape index (κ3) is 7.06. The van der Waals surface area contributed by atoms with E-state index in [2.05, 4.69) is 16.7 Å². The fraction of sp³-hybridized carbons (Fsp3) is 0.450. The summed E-state index contributed by atoms with van der Waals surface area (Å²) >= 11 is 5.96. The van der Waals surface area contributed by atoms with Crippen LogP contribution >= 0.6 is 11.6 Å². The number of nitrogens with one attached hydrogen (secondary N) is 2. The van der Waals surface area contributed by atoms with Gasteiger partial charge in [0.15, 0.2) is 6.61 Å². The molecule has 1 aliphatic rings. The Morgan fingerprint density at radius 3 is 2.70 bits per heavy atom. The van der Waals surface area contributed by atoms with E-state index in [1.54, 1.807) is 24.3 Å². The molecule has 0 radical (unpaired) electrons. The Balaban J connectivity index is 1.68. The van der Waals surface area contributed by atoms with Crippen LogP contribution < -0.4 is 10.6 Å². The van der Waals surface area contributed by atoms with E-state index in [0.29, 0.717) is 11.6 Å². The number of carbonyl (C=O) groups excluding carboxylic acids is 3. The molecule has 1 aromatic rings. The van der Waals surface area contributed by atoms with E-state index in [1.165, 1.54) is 25.3 Å². The molecule has 0 saturated heterocycles. The number of amides is 2. The molecule has 7 heteroatoms. The van der Waals surface area contributed by atoms with Gasteiger partial charge in [0.25, 0.3) is 11.8 Å². The van der Waals surface area contributed by atoms with Crippen LogP contribution in [-0.2, 0) is 14.3 Å². The number of allylic oxidation sites excluding steroid dienone is 1. The molecule has 0 aliphatic heterocycles. The van der Waals surface area contributed by atoms with E-state index in [4.69, 9.17) is 16.3 Å². The second-order valence-corrected chi connectivity index (χ2v) is 6.90. The van der Waals surface area contributed by atoms with Crippen molar-refractivity contribution >= 4 is 29.4 Å². The summed E-state index contributed by atoms with van der Waals surface area (Å²) < 4.78 is 4.96. The van der Waals surface area contributed by atoms with E-state index in [-0.39, 0.29) is 18.1 Å². The lowest BCUT2D eigenvalue weighted by Gasteiger charge is -2.15. The lowest BCUT2D eigenvalue weighted by molar-refractivity contribution is -0.150. The molecule has 0 bridgehead atoms. The molecule has 0 fully saturated rings. The van der Waals surface area contributed by atoms with Gasteiger partial charge in [-0.2, -0.15) is 0 Å². The van der Waals surface area contributed by atoms with Gasteiger partial charge in [-0.1, -0.05) is 35.4 Å². The molecule has 2 amide bonds. The van der Waals surface area contributed by atoms with Crippen molar-refractivity contribution in [3.63, 3.8) is 0 Å². The first kappa shape index (κ1) is 21.0. The van der Waals surface area contributed by atoms with Crippen molar-refractivity contribution in [2.45, 2.75) is 45.1 Å². The highest BCUT2D eigenvalue weighted by Crippen LogP contribution is 2.19. The Kier molecular flexibility index (Phi) is 8.33. The summed E-state index contributed by atoms with van der Waals surface area (Å²) in [5, 5.41) is 5.54. The van der Waals surface area contributed by atoms with Crippen molar-refractivity contribution in [3.05, 3.63) is 46.5 Å². The molecule has 1 unspecified atom stereocenters. The van der Waals surface area contributed by atoms with Gasteiger partial charge < -0.3 is 15.4 Å². The van der Waals surface area contributed by atoms with E-state index < -0.39 is 17.9 Å². The highest BCUT2D eigenvalue weighted by molar-refractivity contribution is 6.33. The van der Waals surface area contributed by atoms with Crippen molar-refractivity contribution in [1.29, 1.82) is 0 Å². The minimum atomic E-state index is -0.894. The monoisotopic (exact) mass is 392 g/mol. The summed E-state index contributed by atoms with van der Waals surface area (Å²) in [5.74, 6) is -1.51. The standard InChI is InChI=1S/C20H25ClN2O4/c1-14(23-19(25)16-9-5-6-10-17(16)21)20(26)27-13-18(24)22-12-11-15-7-3-2-4-8-15/h5-7,9-10,14H,2-4,8,11-13H2,1H3,(H,22,24)(H,23,25). The van der Waals surface area contributed by atoms with Gasteiger partial charge >= 0.3 is 5.97 Å². The number of esters is 1. The summed E-state index contributed by atoms with van der Waals surface area (Å²) in [7, 11) is 0. The molecule has 27 heavy (non-hydrogen) atoms. The lowest BCUT2D eigenvalue weighted by atomic mass is 9.97. The minimum Gasteiger partial charge on any atom is -0.454 e. The van der Waals surface area contributed by atoms with E-state index in [9.17, 15) is 14.4 Å². The molecule has 2 N–H and O–H groups in total. The predicted octanol–water partition coefficient (Wildman–Crippen LogP) is 3.01. The third-order valence-electron chi connectivity index (χ3n) is 4.32. The SMILES string of the molecule is CC(NC(=O)c1ccccc1Cl)C(=O)OCC(=O)NCCC1=CCCCC1. The maximum atomic E-state index is 12.1. The van der Waals surface area contributed by atoms with Crippen LogP contribution in [0, 0.1) is 0 Å². The Bertz CT molecular complexity index is 718. The molecule has 1 atom stereocenters. The van der Waals surface area contributed by atoms with Gasteiger partial charge in [0.1, 0.15) is 6.04 Å². The van der Waals surface area contributed by atoms with E-state index in [1.807, 2.05) is 0 Å². The molecular formula is C20H25ClN2O4. The zero-order chi connectivity index (χ0) is 19.6. The van der Waals surface area contributed by atoms with Crippen molar-refractivity contribution in [3.8, 4) is 0 Å². The van der Waals surface area contributed by atoms with Crippen molar-refractivity contribution in [1.82, 2.24) is 10.6 Å².